The van der Waals surface area contributed by atoms with Gasteiger partial charge in [-0.3, -0.25) is 0 Å². The van der Waals surface area contributed by atoms with Gasteiger partial charge in [0.1, 0.15) is 5.82 Å². The summed E-state index contributed by atoms with van der Waals surface area (Å²) in [6, 6.07) is 3.93. The molecule has 0 bridgehead atoms. The van der Waals surface area contributed by atoms with Crippen molar-refractivity contribution in [3.8, 4) is 0 Å². The molecule has 1 atom stereocenters. The Morgan fingerprint density at radius 3 is 3.00 bits per heavy atom. The summed E-state index contributed by atoms with van der Waals surface area (Å²) in [6.07, 6.45) is 1.01. The average molecular weight is 179 g/mol. The van der Waals surface area contributed by atoms with Crippen molar-refractivity contribution in [1.29, 1.82) is 0 Å². The largest absolute Gasteiger partial charge is 0.310 e. The van der Waals surface area contributed by atoms with Crippen LogP contribution in [0.5, 0.6) is 0 Å². The molecule has 13 heavy (non-hydrogen) atoms. The molecule has 1 heterocycles. The monoisotopic (exact) mass is 179 g/mol. The number of benzene rings is 1. The van der Waals surface area contributed by atoms with Crippen LogP contribution in [0.3, 0.4) is 0 Å². The van der Waals surface area contributed by atoms with Gasteiger partial charge in [-0.05, 0) is 49.6 Å². The van der Waals surface area contributed by atoms with E-state index in [0.717, 1.165) is 24.1 Å². The van der Waals surface area contributed by atoms with Crippen LogP contribution in [-0.4, -0.2) is 6.54 Å². The Morgan fingerprint density at radius 2 is 2.23 bits per heavy atom. The number of rotatable bonds is 0. The molecular formula is C11H14FN. The highest BCUT2D eigenvalue weighted by Crippen LogP contribution is 2.24. The van der Waals surface area contributed by atoms with Gasteiger partial charge in [-0.2, -0.15) is 0 Å². The minimum absolute atomic E-state index is 0.0886. The van der Waals surface area contributed by atoms with E-state index in [0.29, 0.717) is 6.04 Å². The zero-order chi connectivity index (χ0) is 9.42. The Balaban J connectivity index is 2.52. The van der Waals surface area contributed by atoms with E-state index < -0.39 is 0 Å². The Labute approximate surface area is 78.0 Å². The van der Waals surface area contributed by atoms with Crippen molar-refractivity contribution in [2.45, 2.75) is 26.3 Å². The topological polar surface area (TPSA) is 12.0 Å². The average Bonchev–Trinajstić information content (AvgIpc) is 2.09. The van der Waals surface area contributed by atoms with Crippen LogP contribution in [0.1, 0.15) is 29.7 Å². The Hall–Kier alpha value is -0.890. The quantitative estimate of drug-likeness (QED) is 0.644. The summed E-state index contributed by atoms with van der Waals surface area (Å²) < 4.78 is 13.3. The molecule has 0 saturated carbocycles. The summed E-state index contributed by atoms with van der Waals surface area (Å²) >= 11 is 0. The van der Waals surface area contributed by atoms with Crippen LogP contribution in [0.2, 0.25) is 0 Å². The lowest BCUT2D eigenvalue weighted by atomic mass is 9.93. The van der Waals surface area contributed by atoms with Crippen molar-refractivity contribution in [2.24, 2.45) is 0 Å². The first kappa shape index (κ1) is 8.70. The predicted octanol–water partition coefficient (Wildman–Crippen LogP) is 2.34. The van der Waals surface area contributed by atoms with Gasteiger partial charge in [0.25, 0.3) is 0 Å². The highest BCUT2D eigenvalue weighted by molar-refractivity contribution is 5.36. The molecule has 2 heteroatoms. The maximum absolute atomic E-state index is 13.3. The zero-order valence-electron chi connectivity index (χ0n) is 8.02. The van der Waals surface area contributed by atoms with Crippen LogP contribution in [0.15, 0.2) is 12.1 Å². The molecule has 1 aliphatic heterocycles. The van der Waals surface area contributed by atoms with Gasteiger partial charge in [-0.25, -0.2) is 4.39 Å². The lowest BCUT2D eigenvalue weighted by Gasteiger charge is -2.24. The smallest absolute Gasteiger partial charge is 0.126 e. The van der Waals surface area contributed by atoms with Gasteiger partial charge < -0.3 is 5.32 Å². The van der Waals surface area contributed by atoms with Gasteiger partial charge in [0.15, 0.2) is 0 Å². The summed E-state index contributed by atoms with van der Waals surface area (Å²) in [5.74, 6) is -0.0886. The van der Waals surface area contributed by atoms with Crippen molar-refractivity contribution in [3.05, 3.63) is 34.6 Å². The third kappa shape index (κ3) is 1.46. The zero-order valence-corrected chi connectivity index (χ0v) is 8.02. The molecular weight excluding hydrogens is 165 g/mol. The summed E-state index contributed by atoms with van der Waals surface area (Å²) in [7, 11) is 0. The van der Waals surface area contributed by atoms with Crippen LogP contribution in [0.4, 0.5) is 4.39 Å². The molecule has 0 radical (unpaired) electrons. The van der Waals surface area contributed by atoms with Gasteiger partial charge in [0, 0.05) is 6.04 Å². The maximum Gasteiger partial charge on any atom is 0.126 e. The molecule has 1 N–H and O–H groups in total. The molecule has 1 nitrogen and oxygen atoms in total. The van der Waals surface area contributed by atoms with Gasteiger partial charge in [0.2, 0.25) is 0 Å². The summed E-state index contributed by atoms with van der Waals surface area (Å²) in [5, 5.41) is 3.32. The molecule has 1 aromatic carbocycles. The Kier molecular flexibility index (Phi) is 2.08. The molecule has 1 aliphatic rings. The van der Waals surface area contributed by atoms with Gasteiger partial charge in [0.05, 0.1) is 0 Å². The van der Waals surface area contributed by atoms with Crippen molar-refractivity contribution in [3.63, 3.8) is 0 Å². The second-order valence-corrected chi connectivity index (χ2v) is 3.73. The number of halogens is 1. The fraction of sp³-hybridized carbons (Fsp3) is 0.455. The van der Waals surface area contributed by atoms with E-state index in [1.807, 2.05) is 13.0 Å². The maximum atomic E-state index is 13.3. The van der Waals surface area contributed by atoms with E-state index in [4.69, 9.17) is 0 Å². The fourth-order valence-electron chi connectivity index (χ4n) is 1.91. The minimum atomic E-state index is -0.0886. The lowest BCUT2D eigenvalue weighted by molar-refractivity contribution is 0.530. The number of fused-ring (bicyclic) bond motifs is 1. The number of aryl methyl sites for hydroxylation is 1. The normalized spacial score (nSPS) is 21.3. The van der Waals surface area contributed by atoms with Crippen LogP contribution >= 0.6 is 0 Å². The van der Waals surface area contributed by atoms with E-state index in [2.05, 4.69) is 12.2 Å². The first-order valence-electron chi connectivity index (χ1n) is 4.71. The fourth-order valence-corrected chi connectivity index (χ4v) is 1.91. The summed E-state index contributed by atoms with van der Waals surface area (Å²) in [4.78, 5) is 0. The van der Waals surface area contributed by atoms with Crippen LogP contribution in [-0.2, 0) is 6.42 Å². The van der Waals surface area contributed by atoms with Crippen LogP contribution < -0.4 is 5.32 Å². The third-order valence-corrected chi connectivity index (χ3v) is 2.73. The molecule has 0 aliphatic carbocycles. The van der Waals surface area contributed by atoms with Gasteiger partial charge in [-0.1, -0.05) is 6.07 Å². The highest BCUT2D eigenvalue weighted by atomic mass is 19.1. The number of hydrogen-bond acceptors (Lipinski definition) is 1. The molecule has 70 valence electrons. The first-order valence-corrected chi connectivity index (χ1v) is 4.71. The molecule has 0 spiro atoms. The molecule has 0 amide bonds. The Bertz CT molecular complexity index is 333. The number of hydrogen-bond donors (Lipinski definition) is 1. The minimum Gasteiger partial charge on any atom is -0.310 e. The second kappa shape index (κ2) is 3.11. The van der Waals surface area contributed by atoms with Crippen molar-refractivity contribution >= 4 is 0 Å². The Morgan fingerprint density at radius 1 is 1.46 bits per heavy atom. The summed E-state index contributed by atoms with van der Waals surface area (Å²) in [5.41, 5.74) is 3.17. The van der Waals surface area contributed by atoms with Gasteiger partial charge >= 0.3 is 0 Å². The van der Waals surface area contributed by atoms with E-state index in [9.17, 15) is 4.39 Å². The SMILES string of the molecule is Cc1cc2c(cc1F)[C@H](C)NCC2. The molecule has 0 unspecified atom stereocenters. The van der Waals surface area contributed by atoms with E-state index in [-0.39, 0.29) is 5.82 Å². The predicted molar refractivity (Wildman–Crippen MR) is 51.3 cm³/mol. The van der Waals surface area contributed by atoms with Crippen molar-refractivity contribution in [1.82, 2.24) is 5.32 Å². The van der Waals surface area contributed by atoms with E-state index in [1.165, 1.54) is 5.56 Å². The first-order chi connectivity index (χ1) is 6.18. The lowest BCUT2D eigenvalue weighted by Crippen LogP contribution is -2.28. The molecule has 0 saturated heterocycles. The van der Waals surface area contributed by atoms with Crippen LogP contribution in [0.25, 0.3) is 0 Å². The third-order valence-electron chi connectivity index (χ3n) is 2.73. The summed E-state index contributed by atoms with van der Waals surface area (Å²) in [6.45, 7) is 4.90. The molecule has 0 fully saturated rings. The second-order valence-electron chi connectivity index (χ2n) is 3.73. The van der Waals surface area contributed by atoms with Crippen molar-refractivity contribution in [2.75, 3.05) is 6.54 Å². The van der Waals surface area contributed by atoms with E-state index in [1.54, 1.807) is 6.07 Å². The standard InChI is InChI=1S/C11H14FN/c1-7-5-9-3-4-13-8(2)10(9)6-11(7)12/h5-6,8,13H,3-4H2,1-2H3/t8-/m0/s1. The van der Waals surface area contributed by atoms with Crippen LogP contribution in [0, 0.1) is 12.7 Å². The van der Waals surface area contributed by atoms with Gasteiger partial charge in [-0.15, -0.1) is 0 Å². The number of nitrogens with one attached hydrogen (secondary N) is 1. The molecule has 0 aromatic heterocycles. The van der Waals surface area contributed by atoms with E-state index >= 15 is 0 Å². The molecule has 2 rings (SSSR count). The highest BCUT2D eigenvalue weighted by Gasteiger charge is 2.16. The van der Waals surface area contributed by atoms with Crippen molar-refractivity contribution < 1.29 is 4.39 Å². The molecule has 1 aromatic rings.